The molecule has 3 nitrogen and oxygen atoms in total. The van der Waals surface area contributed by atoms with Crippen LogP contribution in [0.25, 0.3) is 0 Å². The zero-order valence-electron chi connectivity index (χ0n) is 9.52. The predicted molar refractivity (Wildman–Crippen MR) is 67.9 cm³/mol. The van der Waals surface area contributed by atoms with Crippen LogP contribution in [0.15, 0.2) is 29.3 Å². The summed E-state index contributed by atoms with van der Waals surface area (Å²) >= 11 is 1.51. The van der Waals surface area contributed by atoms with Crippen LogP contribution in [-0.4, -0.2) is 34.8 Å². The lowest BCUT2D eigenvalue weighted by Crippen LogP contribution is -2.33. The summed E-state index contributed by atoms with van der Waals surface area (Å²) in [4.78, 5) is 17.9. The van der Waals surface area contributed by atoms with Gasteiger partial charge in [0.1, 0.15) is 5.82 Å². The normalized spacial score (nSPS) is 14.9. The molecule has 0 N–H and O–H groups in total. The topological polar surface area (TPSA) is 32.7 Å². The van der Waals surface area contributed by atoms with Gasteiger partial charge in [-0.05, 0) is 17.9 Å². The van der Waals surface area contributed by atoms with Crippen molar-refractivity contribution in [3.63, 3.8) is 0 Å². The van der Waals surface area contributed by atoms with Crippen molar-refractivity contribution in [1.82, 2.24) is 4.90 Å². The predicted octanol–water partition coefficient (Wildman–Crippen LogP) is 2.39. The Balaban J connectivity index is 2.21. The van der Waals surface area contributed by atoms with Gasteiger partial charge in [-0.15, -0.1) is 0 Å². The van der Waals surface area contributed by atoms with E-state index in [0.29, 0.717) is 18.3 Å². The smallest absolute Gasteiger partial charge is 0.262 e. The van der Waals surface area contributed by atoms with E-state index in [1.807, 2.05) is 6.92 Å². The van der Waals surface area contributed by atoms with E-state index < -0.39 is 5.82 Å². The zero-order valence-corrected chi connectivity index (χ0v) is 10.3. The number of thioether (sulfide) groups is 1. The highest BCUT2D eigenvalue weighted by Crippen LogP contribution is 2.18. The fourth-order valence-corrected chi connectivity index (χ4v) is 2.42. The third-order valence-corrected chi connectivity index (χ3v) is 3.32. The first kappa shape index (κ1) is 12.1. The summed E-state index contributed by atoms with van der Waals surface area (Å²) in [7, 11) is 0. The number of carbonyl (C=O) groups excluding carboxylic acids is 1. The molecule has 0 atom stereocenters. The molecule has 0 aromatic heterocycles. The van der Waals surface area contributed by atoms with Crippen LogP contribution in [0.5, 0.6) is 0 Å². The molecule has 0 radical (unpaired) electrons. The lowest BCUT2D eigenvalue weighted by molar-refractivity contribution is 0.0856. The molecule has 2 rings (SSSR count). The van der Waals surface area contributed by atoms with Crippen LogP contribution in [0.2, 0.25) is 0 Å². The van der Waals surface area contributed by atoms with Gasteiger partial charge in [0.05, 0.1) is 12.1 Å². The van der Waals surface area contributed by atoms with E-state index >= 15 is 0 Å². The van der Waals surface area contributed by atoms with Crippen molar-refractivity contribution < 1.29 is 9.18 Å². The lowest BCUT2D eigenvalue weighted by atomic mass is 10.2. The second kappa shape index (κ2) is 5.31. The molecule has 0 bridgehead atoms. The van der Waals surface area contributed by atoms with Gasteiger partial charge in [-0.2, -0.15) is 0 Å². The highest BCUT2D eigenvalue weighted by Gasteiger charge is 2.26. The van der Waals surface area contributed by atoms with Gasteiger partial charge in [0.15, 0.2) is 5.17 Å². The van der Waals surface area contributed by atoms with Gasteiger partial charge in [0, 0.05) is 6.54 Å². The number of amides is 1. The van der Waals surface area contributed by atoms with Crippen molar-refractivity contribution in [3.8, 4) is 0 Å². The van der Waals surface area contributed by atoms with Crippen molar-refractivity contribution in [2.45, 2.75) is 6.92 Å². The van der Waals surface area contributed by atoms with E-state index in [1.165, 1.54) is 23.9 Å². The Morgan fingerprint density at radius 2 is 2.29 bits per heavy atom. The molecule has 0 saturated heterocycles. The lowest BCUT2D eigenvalue weighted by Gasteiger charge is -2.17. The molecular weight excluding hydrogens is 239 g/mol. The number of hydrogen-bond acceptors (Lipinski definition) is 3. The molecule has 1 amide bonds. The van der Waals surface area contributed by atoms with Gasteiger partial charge in [0.2, 0.25) is 0 Å². The Kier molecular flexibility index (Phi) is 3.78. The summed E-state index contributed by atoms with van der Waals surface area (Å²) < 4.78 is 13.5. The largest absolute Gasteiger partial charge is 0.286 e. The minimum absolute atomic E-state index is 0.110. The summed E-state index contributed by atoms with van der Waals surface area (Å²) in [5.41, 5.74) is 0.110. The van der Waals surface area contributed by atoms with E-state index in [-0.39, 0.29) is 11.5 Å². The minimum atomic E-state index is -0.481. The van der Waals surface area contributed by atoms with E-state index in [9.17, 15) is 9.18 Å². The van der Waals surface area contributed by atoms with Crippen LogP contribution in [-0.2, 0) is 0 Å². The van der Waals surface area contributed by atoms with Crippen LogP contribution in [0.3, 0.4) is 0 Å². The van der Waals surface area contributed by atoms with Crippen molar-refractivity contribution in [3.05, 3.63) is 35.6 Å². The Morgan fingerprint density at radius 1 is 1.53 bits per heavy atom. The summed E-state index contributed by atoms with van der Waals surface area (Å²) in [6, 6.07) is 6.04. The molecule has 17 heavy (non-hydrogen) atoms. The molecule has 1 aliphatic rings. The maximum atomic E-state index is 13.5. The Labute approximate surface area is 104 Å². The van der Waals surface area contributed by atoms with Crippen LogP contribution in [0, 0.1) is 5.82 Å². The molecule has 1 aromatic carbocycles. The van der Waals surface area contributed by atoms with Crippen LogP contribution < -0.4 is 0 Å². The molecule has 1 aliphatic heterocycles. The molecular formula is C12H13FN2OS. The highest BCUT2D eigenvalue weighted by atomic mass is 32.2. The monoisotopic (exact) mass is 252 g/mol. The van der Waals surface area contributed by atoms with E-state index in [2.05, 4.69) is 4.99 Å². The summed E-state index contributed by atoms with van der Waals surface area (Å²) in [6.45, 7) is 3.13. The van der Waals surface area contributed by atoms with Crippen molar-refractivity contribution in [2.75, 3.05) is 18.8 Å². The average molecular weight is 252 g/mol. The number of hydrogen-bond donors (Lipinski definition) is 0. The van der Waals surface area contributed by atoms with Crippen molar-refractivity contribution >= 4 is 22.8 Å². The van der Waals surface area contributed by atoms with Crippen molar-refractivity contribution in [2.24, 2.45) is 4.99 Å². The van der Waals surface area contributed by atoms with Gasteiger partial charge >= 0.3 is 0 Å². The number of nitrogens with zero attached hydrogens (tertiary/aromatic N) is 2. The van der Waals surface area contributed by atoms with Gasteiger partial charge in [-0.3, -0.25) is 14.7 Å². The number of aliphatic imine (C=N–C) groups is 1. The van der Waals surface area contributed by atoms with E-state index in [4.69, 9.17) is 0 Å². The van der Waals surface area contributed by atoms with Crippen LogP contribution in [0.4, 0.5) is 4.39 Å². The van der Waals surface area contributed by atoms with Crippen LogP contribution >= 0.6 is 11.8 Å². The molecule has 0 unspecified atom stereocenters. The van der Waals surface area contributed by atoms with Crippen LogP contribution in [0.1, 0.15) is 17.3 Å². The molecule has 0 spiro atoms. The van der Waals surface area contributed by atoms with E-state index in [1.54, 1.807) is 17.0 Å². The third kappa shape index (κ3) is 2.49. The second-order valence-corrected chi connectivity index (χ2v) is 4.77. The second-order valence-electron chi connectivity index (χ2n) is 3.53. The van der Waals surface area contributed by atoms with E-state index in [0.717, 1.165) is 5.75 Å². The quantitative estimate of drug-likeness (QED) is 0.809. The number of benzene rings is 1. The summed E-state index contributed by atoms with van der Waals surface area (Å²) in [5.74, 6) is 0.0606. The van der Waals surface area contributed by atoms with Gasteiger partial charge in [-0.25, -0.2) is 4.39 Å². The highest BCUT2D eigenvalue weighted by molar-refractivity contribution is 8.13. The molecule has 0 saturated carbocycles. The molecule has 0 fully saturated rings. The first-order valence-corrected chi connectivity index (χ1v) is 6.46. The molecule has 5 heteroatoms. The Morgan fingerprint density at radius 3 is 3.00 bits per heavy atom. The summed E-state index contributed by atoms with van der Waals surface area (Å²) in [6.07, 6.45) is 0. The Hall–Kier alpha value is -1.36. The fourth-order valence-electron chi connectivity index (χ4n) is 1.65. The average Bonchev–Trinajstić information content (AvgIpc) is 2.78. The molecule has 0 aliphatic carbocycles. The standard InChI is InChI=1S/C12H13FN2OS/c1-2-17-12-14-7-8-15(12)11(16)9-5-3-4-6-10(9)13/h3-6H,2,7-8H2,1H3. The number of amidine groups is 1. The van der Waals surface area contributed by atoms with Gasteiger partial charge < -0.3 is 0 Å². The number of rotatable bonds is 2. The molecule has 1 aromatic rings. The minimum Gasteiger partial charge on any atom is -0.286 e. The van der Waals surface area contributed by atoms with Gasteiger partial charge in [0.25, 0.3) is 5.91 Å². The maximum absolute atomic E-state index is 13.5. The summed E-state index contributed by atoms with van der Waals surface area (Å²) in [5, 5.41) is 0.695. The number of carbonyl (C=O) groups is 1. The fraction of sp³-hybridized carbons (Fsp3) is 0.333. The Bertz CT molecular complexity index is 462. The maximum Gasteiger partial charge on any atom is 0.262 e. The first-order chi connectivity index (χ1) is 8.24. The molecule has 1 heterocycles. The SMILES string of the molecule is CCSC1=NCCN1C(=O)c1ccccc1F. The first-order valence-electron chi connectivity index (χ1n) is 5.47. The number of halogens is 1. The third-order valence-electron chi connectivity index (χ3n) is 2.42. The van der Waals surface area contributed by atoms with Gasteiger partial charge in [-0.1, -0.05) is 30.8 Å². The molecule has 90 valence electrons. The zero-order chi connectivity index (χ0) is 12.3. The van der Waals surface area contributed by atoms with Crippen molar-refractivity contribution in [1.29, 1.82) is 0 Å².